The van der Waals surface area contributed by atoms with Crippen molar-refractivity contribution in [2.75, 3.05) is 9.80 Å². The van der Waals surface area contributed by atoms with Gasteiger partial charge in [-0.05, 0) is 201 Å². The van der Waals surface area contributed by atoms with E-state index in [9.17, 15) is 5.48 Å². The summed E-state index contributed by atoms with van der Waals surface area (Å²) in [7, 11) is 0. The van der Waals surface area contributed by atoms with Crippen molar-refractivity contribution in [3.05, 3.63) is 323 Å². The quantitative estimate of drug-likeness (QED) is 0.151. The van der Waals surface area contributed by atoms with Gasteiger partial charge in [-0.25, -0.2) is 0 Å². The number of anilines is 6. The molecule has 0 amide bonds. The van der Waals surface area contributed by atoms with Crippen molar-refractivity contribution in [2.24, 2.45) is 0 Å². The molecule has 0 radical (unpaired) electrons. The Kier molecular flexibility index (Phi) is 14.7. The Morgan fingerprint density at radius 1 is 0.271 bits per heavy atom. The predicted octanol–water partition coefficient (Wildman–Crippen LogP) is 29.1. The minimum absolute atomic E-state index is 0.0849. The topological polar surface area (TPSA) is 16.3 Å². The molecule has 0 fully saturated rings. The number of benzene rings is 13. The Labute approximate surface area is 641 Å². The molecule has 2 aromatic heterocycles. The number of fused-ring (bicyclic) bond motifs is 10. The molecule has 0 saturated carbocycles. The van der Waals surface area contributed by atoms with E-state index < -0.39 is 17.4 Å². The van der Waals surface area contributed by atoms with Crippen LogP contribution in [0.3, 0.4) is 0 Å². The summed E-state index contributed by atoms with van der Waals surface area (Å²) in [4.78, 5) is 5.16. The molecule has 1 atom stereocenters. The first-order chi connectivity index (χ1) is 52.9. The molecule has 107 heavy (non-hydrogen) atoms. The zero-order valence-corrected chi connectivity index (χ0v) is 65.5. The normalized spacial score (nSPS) is 14.8. The molecule has 4 nitrogen and oxygen atoms in total. The fourth-order valence-electron chi connectivity index (χ4n) is 16.8. The third kappa shape index (κ3) is 11.7. The molecule has 0 N–H and O–H groups in total. The fraction of sp³-hybridized carbons (Fsp3) is 0.243. The summed E-state index contributed by atoms with van der Waals surface area (Å²) in [5, 5.41) is 4.67. The van der Waals surface area contributed by atoms with Gasteiger partial charge in [0.2, 0.25) is 0 Å². The number of nitrogens with zero attached hydrogens (tertiary/aromatic N) is 4. The molecule has 2 aliphatic heterocycles. The van der Waals surface area contributed by atoms with E-state index in [1.807, 2.05) is 6.07 Å². The van der Waals surface area contributed by atoms with Crippen LogP contribution < -0.4 is 9.80 Å². The van der Waals surface area contributed by atoms with E-state index in [2.05, 4.69) is 380 Å². The second kappa shape index (κ2) is 24.8. The van der Waals surface area contributed by atoms with E-state index in [0.717, 1.165) is 134 Å². The summed E-state index contributed by atoms with van der Waals surface area (Å²) in [5.74, 6) is -0.478. The molecule has 532 valence electrons. The first-order valence-electron chi connectivity index (χ1n) is 40.8. The van der Waals surface area contributed by atoms with Gasteiger partial charge in [-0.1, -0.05) is 306 Å². The summed E-state index contributed by atoms with van der Waals surface area (Å²) in [5.41, 5.74) is 29.0. The number of para-hydroxylation sites is 3. The summed E-state index contributed by atoms with van der Waals surface area (Å²) < 4.78 is 51.6. The van der Waals surface area contributed by atoms with Gasteiger partial charge in [-0.3, -0.25) is 0 Å². The van der Waals surface area contributed by atoms with Gasteiger partial charge in [0, 0.05) is 49.8 Å². The van der Waals surface area contributed by atoms with E-state index in [0.29, 0.717) is 5.56 Å². The van der Waals surface area contributed by atoms with Crippen LogP contribution in [0.15, 0.2) is 273 Å². The van der Waals surface area contributed by atoms with Crippen LogP contribution in [0, 0.1) is 0 Å². The van der Waals surface area contributed by atoms with Crippen molar-refractivity contribution in [3.8, 4) is 55.9 Å². The molecule has 17 rings (SSSR count). The molecule has 13 aromatic carbocycles. The summed E-state index contributed by atoms with van der Waals surface area (Å²) in [6.45, 7) is 41.6. The number of aromatic nitrogens is 2. The Balaban J connectivity index is 1.06. The lowest BCUT2D eigenvalue weighted by molar-refractivity contribution is 0.569. The van der Waals surface area contributed by atoms with E-state index in [-0.39, 0.29) is 56.8 Å². The maximum Gasteiger partial charge on any atom is 0.0783 e. The highest BCUT2D eigenvalue weighted by Crippen LogP contribution is 2.65. The molecular formula is C103H100N4. The van der Waals surface area contributed by atoms with Crippen molar-refractivity contribution in [1.82, 2.24) is 9.13 Å². The van der Waals surface area contributed by atoms with Crippen LogP contribution in [-0.2, 0) is 32.5 Å². The largest absolute Gasteiger partial charge is 0.309 e. The van der Waals surface area contributed by atoms with Gasteiger partial charge in [0.25, 0.3) is 0 Å². The average Bonchev–Trinajstić information content (AvgIpc) is 1.49. The maximum absolute atomic E-state index is 9.67. The van der Waals surface area contributed by atoms with Crippen molar-refractivity contribution >= 4 is 77.7 Å². The smallest absolute Gasteiger partial charge is 0.0783 e. The summed E-state index contributed by atoms with van der Waals surface area (Å²) >= 11 is 0. The van der Waals surface area contributed by atoms with E-state index in [1.165, 1.54) is 38.6 Å². The predicted molar refractivity (Wildman–Crippen MR) is 459 cm³/mol. The highest BCUT2D eigenvalue weighted by molar-refractivity contribution is 6.19. The molecule has 0 saturated heterocycles. The molecule has 15 aromatic rings. The average molecular weight is 1400 g/mol. The van der Waals surface area contributed by atoms with Gasteiger partial charge in [0.1, 0.15) is 0 Å². The third-order valence-corrected chi connectivity index (χ3v) is 22.9. The van der Waals surface area contributed by atoms with Crippen molar-refractivity contribution in [1.29, 1.82) is 0 Å². The molecule has 2 aliphatic rings. The van der Waals surface area contributed by atoms with Crippen LogP contribution >= 0.6 is 0 Å². The zero-order chi connectivity index (χ0) is 79.1. The van der Waals surface area contributed by atoms with E-state index in [1.54, 1.807) is 0 Å². The van der Waals surface area contributed by atoms with Crippen LogP contribution in [0.25, 0.3) is 99.5 Å². The first kappa shape index (κ1) is 63.3. The molecular weight excluding hydrogens is 1290 g/mol. The molecule has 4 heteroatoms. The second-order valence-corrected chi connectivity index (χ2v) is 36.3. The SMILES string of the molecule is [2H]c1c([2H])c([2H])c(-c2ccc3c(c2)C2c4ccc(-c5cc(C(C)(C)C)cc(C(C)(C)C)c5)cc4N(c4cccc5c6cccc(-n7c8ccc(C(C)(C)C)cc8c8cc(C(C)(C)C)ccc87)c6n(-c6ccccc6)c45)c4cc(C(C)(C)C)cc(c42)N3c2c(-c3ccccc3)cc(C(C)(C)C)cc2-c2ccccc2)c([2H])c1[2H]. The van der Waals surface area contributed by atoms with Crippen molar-refractivity contribution in [3.63, 3.8) is 0 Å². The Morgan fingerprint density at radius 2 is 0.729 bits per heavy atom. The first-order valence-corrected chi connectivity index (χ1v) is 38.3. The van der Waals surface area contributed by atoms with Crippen LogP contribution in [0.2, 0.25) is 0 Å². The fourth-order valence-corrected chi connectivity index (χ4v) is 16.8. The van der Waals surface area contributed by atoms with Crippen LogP contribution in [0.4, 0.5) is 34.1 Å². The van der Waals surface area contributed by atoms with Gasteiger partial charge < -0.3 is 18.9 Å². The molecule has 1 unspecified atom stereocenters. The number of hydrogen-bond acceptors (Lipinski definition) is 2. The zero-order valence-electron chi connectivity index (χ0n) is 70.5. The molecule has 0 bridgehead atoms. The van der Waals surface area contributed by atoms with Gasteiger partial charge in [-0.2, -0.15) is 0 Å². The molecule has 0 aliphatic carbocycles. The Morgan fingerprint density at radius 3 is 1.25 bits per heavy atom. The third-order valence-electron chi connectivity index (χ3n) is 22.9. The second-order valence-electron chi connectivity index (χ2n) is 36.3. The maximum atomic E-state index is 9.67. The lowest BCUT2D eigenvalue weighted by atomic mass is 9.72. The van der Waals surface area contributed by atoms with Crippen LogP contribution in [0.5, 0.6) is 0 Å². The lowest BCUT2D eigenvalue weighted by Crippen LogP contribution is -2.31. The van der Waals surface area contributed by atoms with Gasteiger partial charge >= 0.3 is 0 Å². The highest BCUT2D eigenvalue weighted by Gasteiger charge is 2.45. The molecule has 4 heterocycles. The Hall–Kier alpha value is -10.9. The standard InChI is InChI=1S/C103H100N4/c1-98(2,3)70-47-51-85-82(58-70)83-59-71(99(4,5)6)48-52-86(83)105(85)88-43-31-41-77-78-42-32-44-89(97(78)104(96(77)88)76-39-29-22-30-40-76)106-90-56-68(69-53-72(100(7,8)9)57-73(54-69)101(10,11)12)45-49-79(90)93-84-55-67(64-33-23-19-24-34-64)46-50-87(84)107(92-63-75(103(16,17)18)62-91(106)94(92)93)95-80(65-35-25-20-26-36-65)60-74(102(13,14)15)61-81(95)66-37-27-21-28-38-66/h19-63,93H,1-18H3/i19D,23D,24D,33D,34D. The minimum atomic E-state index is -0.478. The van der Waals surface area contributed by atoms with E-state index >= 15 is 0 Å². The number of hydrogen-bond donors (Lipinski definition) is 0. The van der Waals surface area contributed by atoms with Gasteiger partial charge in [-0.15, -0.1) is 0 Å². The molecule has 0 spiro atoms. The summed E-state index contributed by atoms with van der Waals surface area (Å²) in [6.07, 6.45) is 0. The summed E-state index contributed by atoms with van der Waals surface area (Å²) in [6, 6.07) is 89.6. The van der Waals surface area contributed by atoms with Crippen LogP contribution in [-0.4, -0.2) is 9.13 Å². The van der Waals surface area contributed by atoms with Crippen LogP contribution in [0.1, 0.15) is 187 Å². The van der Waals surface area contributed by atoms with Crippen molar-refractivity contribution in [2.45, 2.75) is 163 Å². The lowest BCUT2D eigenvalue weighted by Gasteiger charge is -2.47. The van der Waals surface area contributed by atoms with Gasteiger partial charge in [0.15, 0.2) is 0 Å². The minimum Gasteiger partial charge on any atom is -0.309 e. The van der Waals surface area contributed by atoms with Gasteiger partial charge in [0.05, 0.1) is 68.7 Å². The monoisotopic (exact) mass is 1400 g/mol. The van der Waals surface area contributed by atoms with Crippen molar-refractivity contribution < 1.29 is 6.85 Å². The Bertz CT molecular complexity index is 6180. The highest BCUT2D eigenvalue weighted by atomic mass is 15.2. The number of rotatable bonds is 8. The van der Waals surface area contributed by atoms with E-state index in [4.69, 9.17) is 1.37 Å².